The maximum absolute atomic E-state index is 11.7. The summed E-state index contributed by atoms with van der Waals surface area (Å²) in [6.45, 7) is 0.388. The Morgan fingerprint density at radius 2 is 1.95 bits per heavy atom. The van der Waals surface area contributed by atoms with Gasteiger partial charge in [-0.1, -0.05) is 0 Å². The van der Waals surface area contributed by atoms with Crippen LogP contribution in [0.15, 0.2) is 6.07 Å². The molecule has 0 aliphatic carbocycles. The fraction of sp³-hybridized carbons (Fsp3) is 0.462. The molecule has 1 aromatic rings. The van der Waals surface area contributed by atoms with Crippen LogP contribution in [0.2, 0.25) is 0 Å². The molecule has 0 spiro atoms. The van der Waals surface area contributed by atoms with Crippen molar-refractivity contribution in [2.24, 2.45) is 5.73 Å². The van der Waals surface area contributed by atoms with Gasteiger partial charge in [0.1, 0.15) is 0 Å². The van der Waals surface area contributed by atoms with Crippen LogP contribution in [0.3, 0.4) is 0 Å². The molecule has 19 heavy (non-hydrogen) atoms. The molecule has 104 valence electrons. The highest BCUT2D eigenvalue weighted by molar-refractivity contribution is 5.97. The fourth-order valence-corrected chi connectivity index (χ4v) is 2.36. The van der Waals surface area contributed by atoms with Gasteiger partial charge in [0.05, 0.1) is 27.0 Å². The Hall–Kier alpha value is -1.95. The summed E-state index contributed by atoms with van der Waals surface area (Å²) >= 11 is 0. The number of carbonyl (C=O) groups excluding carboxylic acids is 1. The zero-order valence-corrected chi connectivity index (χ0v) is 11.3. The molecule has 1 atom stereocenters. The number of rotatable bonds is 4. The lowest BCUT2D eigenvalue weighted by Crippen LogP contribution is -2.27. The van der Waals surface area contributed by atoms with Crippen LogP contribution < -0.4 is 25.3 Å². The Kier molecular flexibility index (Phi) is 3.80. The summed E-state index contributed by atoms with van der Waals surface area (Å²) in [4.78, 5) is 11.7. The van der Waals surface area contributed by atoms with Crippen molar-refractivity contribution in [1.82, 2.24) is 0 Å². The van der Waals surface area contributed by atoms with Gasteiger partial charge in [-0.05, 0) is 18.2 Å². The molecule has 2 rings (SSSR count). The Labute approximate surface area is 111 Å². The van der Waals surface area contributed by atoms with Crippen molar-refractivity contribution in [3.8, 4) is 17.2 Å². The summed E-state index contributed by atoms with van der Waals surface area (Å²) in [5.74, 6) is 1.36. The third kappa shape index (κ3) is 2.19. The number of hydrogen-bond acceptors (Lipinski definition) is 5. The van der Waals surface area contributed by atoms with Crippen molar-refractivity contribution in [3.05, 3.63) is 11.6 Å². The second-order valence-corrected chi connectivity index (χ2v) is 4.29. The first kappa shape index (κ1) is 13.5. The number of anilines is 1. The largest absolute Gasteiger partial charge is 0.493 e. The van der Waals surface area contributed by atoms with Crippen molar-refractivity contribution < 1.29 is 19.0 Å². The molecule has 1 aliphatic rings. The van der Waals surface area contributed by atoms with E-state index in [9.17, 15) is 4.79 Å². The summed E-state index contributed by atoms with van der Waals surface area (Å²) < 4.78 is 16.0. The highest BCUT2D eigenvalue weighted by Crippen LogP contribution is 2.49. The average molecular weight is 266 g/mol. The van der Waals surface area contributed by atoms with Crippen molar-refractivity contribution in [3.63, 3.8) is 0 Å². The van der Waals surface area contributed by atoms with Gasteiger partial charge in [-0.3, -0.25) is 4.79 Å². The van der Waals surface area contributed by atoms with Gasteiger partial charge in [0, 0.05) is 12.3 Å². The first-order valence-corrected chi connectivity index (χ1v) is 5.99. The van der Waals surface area contributed by atoms with Crippen molar-refractivity contribution >= 4 is 11.6 Å². The van der Waals surface area contributed by atoms with E-state index in [1.165, 1.54) is 14.2 Å². The third-order valence-corrected chi connectivity index (χ3v) is 3.28. The highest BCUT2D eigenvalue weighted by atomic mass is 16.5. The molecule has 1 aromatic carbocycles. The van der Waals surface area contributed by atoms with E-state index in [-0.39, 0.29) is 11.8 Å². The second-order valence-electron chi connectivity index (χ2n) is 4.29. The number of fused-ring (bicyclic) bond motifs is 1. The molecule has 1 heterocycles. The summed E-state index contributed by atoms with van der Waals surface area (Å²) in [6.07, 6.45) is 0.363. The SMILES string of the molecule is COc1cc2c(c(OC)c1OC)NC(=O)CC2CN. The number of benzene rings is 1. The molecule has 1 aliphatic heterocycles. The van der Waals surface area contributed by atoms with E-state index in [4.69, 9.17) is 19.9 Å². The van der Waals surface area contributed by atoms with Gasteiger partial charge >= 0.3 is 0 Å². The monoisotopic (exact) mass is 266 g/mol. The lowest BCUT2D eigenvalue weighted by atomic mass is 9.89. The van der Waals surface area contributed by atoms with E-state index >= 15 is 0 Å². The first-order chi connectivity index (χ1) is 9.15. The number of nitrogens with one attached hydrogen (secondary N) is 1. The van der Waals surface area contributed by atoms with Crippen LogP contribution in [0.25, 0.3) is 0 Å². The highest BCUT2D eigenvalue weighted by Gasteiger charge is 2.30. The number of carbonyl (C=O) groups is 1. The zero-order valence-electron chi connectivity index (χ0n) is 11.3. The lowest BCUT2D eigenvalue weighted by molar-refractivity contribution is -0.116. The first-order valence-electron chi connectivity index (χ1n) is 5.99. The molecule has 0 radical (unpaired) electrons. The number of nitrogens with two attached hydrogens (primary N) is 1. The van der Waals surface area contributed by atoms with E-state index in [1.54, 1.807) is 7.11 Å². The van der Waals surface area contributed by atoms with Gasteiger partial charge in [-0.2, -0.15) is 0 Å². The van der Waals surface area contributed by atoms with E-state index in [0.29, 0.717) is 35.9 Å². The smallest absolute Gasteiger partial charge is 0.225 e. The van der Waals surface area contributed by atoms with Crippen LogP contribution in [0.1, 0.15) is 17.9 Å². The maximum Gasteiger partial charge on any atom is 0.225 e. The van der Waals surface area contributed by atoms with Crippen LogP contribution in [-0.4, -0.2) is 33.8 Å². The Balaban J connectivity index is 2.67. The van der Waals surface area contributed by atoms with E-state index in [1.807, 2.05) is 6.07 Å². The lowest BCUT2D eigenvalue weighted by Gasteiger charge is -2.28. The second kappa shape index (κ2) is 5.36. The number of ether oxygens (including phenoxy) is 3. The predicted molar refractivity (Wildman–Crippen MR) is 71.1 cm³/mol. The third-order valence-electron chi connectivity index (χ3n) is 3.28. The Bertz CT molecular complexity index is 502. The van der Waals surface area contributed by atoms with E-state index in [0.717, 1.165) is 5.56 Å². The normalized spacial score (nSPS) is 17.5. The minimum absolute atomic E-state index is 0.0440. The molecule has 0 saturated carbocycles. The molecular formula is C13H18N2O4. The predicted octanol–water partition coefficient (Wildman–Crippen LogP) is 1.10. The van der Waals surface area contributed by atoms with Crippen LogP contribution in [0, 0.1) is 0 Å². The minimum Gasteiger partial charge on any atom is -0.493 e. The quantitative estimate of drug-likeness (QED) is 0.852. The molecule has 0 fully saturated rings. The zero-order chi connectivity index (χ0) is 14.0. The van der Waals surface area contributed by atoms with Crippen molar-refractivity contribution in [2.75, 3.05) is 33.2 Å². The van der Waals surface area contributed by atoms with Crippen LogP contribution in [0.4, 0.5) is 5.69 Å². The Morgan fingerprint density at radius 3 is 2.47 bits per heavy atom. The molecule has 1 amide bonds. The fourth-order valence-electron chi connectivity index (χ4n) is 2.36. The topological polar surface area (TPSA) is 82.8 Å². The van der Waals surface area contributed by atoms with Gasteiger partial charge in [0.2, 0.25) is 11.7 Å². The number of hydrogen-bond donors (Lipinski definition) is 2. The molecule has 0 aromatic heterocycles. The van der Waals surface area contributed by atoms with Gasteiger partial charge < -0.3 is 25.3 Å². The van der Waals surface area contributed by atoms with Crippen LogP contribution in [0.5, 0.6) is 17.2 Å². The van der Waals surface area contributed by atoms with Gasteiger partial charge in [0.25, 0.3) is 0 Å². The Morgan fingerprint density at radius 1 is 1.26 bits per heavy atom. The van der Waals surface area contributed by atoms with E-state index < -0.39 is 0 Å². The van der Waals surface area contributed by atoms with Crippen molar-refractivity contribution in [2.45, 2.75) is 12.3 Å². The number of amides is 1. The summed E-state index contributed by atoms with van der Waals surface area (Å²) in [5.41, 5.74) is 7.27. The molecule has 6 heteroatoms. The molecule has 0 saturated heterocycles. The summed E-state index contributed by atoms with van der Waals surface area (Å²) in [5, 5.41) is 2.81. The summed E-state index contributed by atoms with van der Waals surface area (Å²) in [7, 11) is 4.61. The van der Waals surface area contributed by atoms with E-state index in [2.05, 4.69) is 5.32 Å². The molecule has 0 bridgehead atoms. The van der Waals surface area contributed by atoms with Crippen molar-refractivity contribution in [1.29, 1.82) is 0 Å². The molecule has 1 unspecified atom stereocenters. The maximum atomic E-state index is 11.7. The van der Waals surface area contributed by atoms with Crippen LogP contribution in [-0.2, 0) is 4.79 Å². The average Bonchev–Trinajstić information content (AvgIpc) is 2.44. The molecule has 3 N–H and O–H groups in total. The van der Waals surface area contributed by atoms with Gasteiger partial charge in [-0.15, -0.1) is 0 Å². The molecule has 6 nitrogen and oxygen atoms in total. The number of methoxy groups -OCH3 is 3. The van der Waals surface area contributed by atoms with Crippen LogP contribution >= 0.6 is 0 Å². The summed E-state index contributed by atoms with van der Waals surface area (Å²) in [6, 6.07) is 1.84. The standard InChI is InChI=1S/C13H18N2O4/c1-17-9-5-8-7(6-14)4-10(16)15-11(8)13(19-3)12(9)18-2/h5,7H,4,6,14H2,1-3H3,(H,15,16). The minimum atomic E-state index is -0.0755. The van der Waals surface area contributed by atoms with Gasteiger partial charge in [0.15, 0.2) is 11.5 Å². The molecular weight excluding hydrogens is 248 g/mol. The van der Waals surface area contributed by atoms with Gasteiger partial charge in [-0.25, -0.2) is 0 Å².